The Morgan fingerprint density at radius 2 is 2.00 bits per heavy atom. The second-order valence-corrected chi connectivity index (χ2v) is 3.26. The second kappa shape index (κ2) is 4.16. The van der Waals surface area contributed by atoms with Crippen molar-refractivity contribution in [2.24, 2.45) is 0 Å². The van der Waals surface area contributed by atoms with Gasteiger partial charge < -0.3 is 0 Å². The number of hydrogen-bond acceptors (Lipinski definition) is 3. The molecule has 2 rings (SSSR count). The van der Waals surface area contributed by atoms with Crippen LogP contribution in [0.25, 0.3) is 11.4 Å². The largest absolute Gasteiger partial charge is 0.249 e. The molecule has 0 spiro atoms. The molecule has 0 fully saturated rings. The van der Waals surface area contributed by atoms with Crippen molar-refractivity contribution >= 4 is 0 Å². The third kappa shape index (κ3) is 2.18. The topological polar surface area (TPSA) is 43.6 Å². The van der Waals surface area contributed by atoms with Gasteiger partial charge in [0.25, 0.3) is 0 Å². The lowest BCUT2D eigenvalue weighted by Crippen LogP contribution is -2.03. The molecular formula is C10H11FN4. The van der Waals surface area contributed by atoms with E-state index in [9.17, 15) is 4.39 Å². The Labute approximate surface area is 86.7 Å². The minimum Gasteiger partial charge on any atom is -0.249 e. The molecule has 1 heterocycles. The van der Waals surface area contributed by atoms with E-state index in [1.54, 1.807) is 0 Å². The Balaban J connectivity index is 2.25. The van der Waals surface area contributed by atoms with Crippen molar-refractivity contribution in [1.29, 1.82) is 0 Å². The lowest BCUT2D eigenvalue weighted by molar-refractivity contribution is 0.397. The first kappa shape index (κ1) is 9.76. The zero-order valence-electron chi connectivity index (χ0n) is 8.39. The molecule has 15 heavy (non-hydrogen) atoms. The summed E-state index contributed by atoms with van der Waals surface area (Å²) >= 11 is 0. The summed E-state index contributed by atoms with van der Waals surface area (Å²) < 4.78 is 12.0. The van der Waals surface area contributed by atoms with Crippen molar-refractivity contribution in [2.45, 2.75) is 13.5 Å². The molecule has 0 saturated carbocycles. The molecule has 0 amide bonds. The van der Waals surface area contributed by atoms with E-state index < -0.39 is 6.67 Å². The fraction of sp³-hybridized carbons (Fsp3) is 0.300. The van der Waals surface area contributed by atoms with Crippen LogP contribution in [-0.2, 0) is 6.54 Å². The normalized spacial score (nSPS) is 10.5. The maximum Gasteiger partial charge on any atom is 0.204 e. The first-order valence-corrected chi connectivity index (χ1v) is 4.70. The summed E-state index contributed by atoms with van der Waals surface area (Å²) in [6.07, 6.45) is 0. The van der Waals surface area contributed by atoms with E-state index in [0.29, 0.717) is 5.82 Å². The highest BCUT2D eigenvalue weighted by molar-refractivity contribution is 5.53. The maximum atomic E-state index is 12.0. The van der Waals surface area contributed by atoms with Crippen molar-refractivity contribution in [1.82, 2.24) is 20.2 Å². The van der Waals surface area contributed by atoms with Crippen molar-refractivity contribution < 1.29 is 4.39 Å². The van der Waals surface area contributed by atoms with Gasteiger partial charge >= 0.3 is 0 Å². The zero-order valence-corrected chi connectivity index (χ0v) is 8.39. The van der Waals surface area contributed by atoms with Crippen molar-refractivity contribution in [3.8, 4) is 11.4 Å². The number of tetrazole rings is 1. The van der Waals surface area contributed by atoms with Crippen LogP contribution >= 0.6 is 0 Å². The molecule has 5 heteroatoms. The monoisotopic (exact) mass is 206 g/mol. The minimum atomic E-state index is -0.482. The number of aryl methyl sites for hydroxylation is 2. The standard InChI is InChI=1S/C10H11FN4/c1-8-2-4-9(5-3-8)10-12-14-15(13-10)7-6-11/h2-5H,6-7H2,1H3. The summed E-state index contributed by atoms with van der Waals surface area (Å²) in [5.41, 5.74) is 2.07. The van der Waals surface area contributed by atoms with Gasteiger partial charge in [-0.15, -0.1) is 10.2 Å². The van der Waals surface area contributed by atoms with E-state index in [1.807, 2.05) is 31.2 Å². The number of alkyl halides is 1. The quantitative estimate of drug-likeness (QED) is 0.766. The SMILES string of the molecule is Cc1ccc(-c2nnn(CCF)n2)cc1. The molecule has 0 saturated heterocycles. The maximum absolute atomic E-state index is 12.0. The lowest BCUT2D eigenvalue weighted by atomic mass is 10.1. The number of nitrogens with zero attached hydrogens (tertiary/aromatic N) is 4. The Kier molecular flexibility index (Phi) is 2.71. The van der Waals surface area contributed by atoms with Gasteiger partial charge in [-0.05, 0) is 12.1 Å². The van der Waals surface area contributed by atoms with Gasteiger partial charge in [0.2, 0.25) is 5.82 Å². The number of rotatable bonds is 3. The third-order valence-electron chi connectivity index (χ3n) is 2.05. The molecule has 0 unspecified atom stereocenters. The molecule has 0 aliphatic heterocycles. The van der Waals surface area contributed by atoms with Crippen LogP contribution in [0, 0.1) is 6.92 Å². The smallest absolute Gasteiger partial charge is 0.204 e. The molecule has 4 nitrogen and oxygen atoms in total. The number of benzene rings is 1. The van der Waals surface area contributed by atoms with Crippen molar-refractivity contribution in [2.75, 3.05) is 6.67 Å². The van der Waals surface area contributed by atoms with Crippen molar-refractivity contribution in [3.63, 3.8) is 0 Å². The average molecular weight is 206 g/mol. The van der Waals surface area contributed by atoms with Gasteiger partial charge in [0.05, 0.1) is 6.54 Å². The average Bonchev–Trinajstić information content (AvgIpc) is 2.68. The van der Waals surface area contributed by atoms with Crippen LogP contribution in [0.4, 0.5) is 4.39 Å². The Bertz CT molecular complexity index is 435. The van der Waals surface area contributed by atoms with Gasteiger partial charge in [-0.2, -0.15) is 4.80 Å². The van der Waals surface area contributed by atoms with Crippen LogP contribution in [0.2, 0.25) is 0 Å². The summed E-state index contributed by atoms with van der Waals surface area (Å²) in [6.45, 7) is 1.68. The van der Waals surface area contributed by atoms with E-state index >= 15 is 0 Å². The van der Waals surface area contributed by atoms with Crippen LogP contribution in [0.5, 0.6) is 0 Å². The second-order valence-electron chi connectivity index (χ2n) is 3.26. The first-order chi connectivity index (χ1) is 7.29. The minimum absolute atomic E-state index is 0.152. The summed E-state index contributed by atoms with van der Waals surface area (Å²) in [7, 11) is 0. The molecule has 1 aromatic heterocycles. The molecule has 78 valence electrons. The van der Waals surface area contributed by atoms with E-state index in [1.165, 1.54) is 10.4 Å². The van der Waals surface area contributed by atoms with E-state index in [4.69, 9.17) is 0 Å². The highest BCUT2D eigenvalue weighted by atomic mass is 19.1. The molecule has 0 aliphatic rings. The lowest BCUT2D eigenvalue weighted by Gasteiger charge is -1.94. The molecule has 0 aliphatic carbocycles. The van der Waals surface area contributed by atoms with Crippen LogP contribution in [-0.4, -0.2) is 26.9 Å². The van der Waals surface area contributed by atoms with E-state index in [0.717, 1.165) is 5.56 Å². The Hall–Kier alpha value is -1.78. The third-order valence-corrected chi connectivity index (χ3v) is 2.05. The van der Waals surface area contributed by atoms with Gasteiger partial charge in [0, 0.05) is 5.56 Å². The fourth-order valence-electron chi connectivity index (χ4n) is 1.23. The highest BCUT2D eigenvalue weighted by Crippen LogP contribution is 2.13. The van der Waals surface area contributed by atoms with Crippen LogP contribution in [0.15, 0.2) is 24.3 Å². The summed E-state index contributed by atoms with van der Waals surface area (Å²) in [6, 6.07) is 7.80. The Morgan fingerprint density at radius 3 is 2.67 bits per heavy atom. The predicted molar refractivity (Wildman–Crippen MR) is 54.0 cm³/mol. The van der Waals surface area contributed by atoms with Gasteiger partial charge in [-0.3, -0.25) is 0 Å². The summed E-state index contributed by atoms with van der Waals surface area (Å²) in [5, 5.41) is 11.6. The molecule has 0 atom stereocenters. The van der Waals surface area contributed by atoms with Crippen LogP contribution in [0.3, 0.4) is 0 Å². The first-order valence-electron chi connectivity index (χ1n) is 4.70. The summed E-state index contributed by atoms with van der Waals surface area (Å²) in [4.78, 5) is 1.26. The zero-order chi connectivity index (χ0) is 10.7. The number of aromatic nitrogens is 4. The Morgan fingerprint density at radius 1 is 1.27 bits per heavy atom. The molecular weight excluding hydrogens is 195 g/mol. The number of hydrogen-bond donors (Lipinski definition) is 0. The molecule has 0 bridgehead atoms. The van der Waals surface area contributed by atoms with Crippen molar-refractivity contribution in [3.05, 3.63) is 29.8 Å². The van der Waals surface area contributed by atoms with Gasteiger partial charge in [-0.1, -0.05) is 29.8 Å². The van der Waals surface area contributed by atoms with E-state index in [-0.39, 0.29) is 6.54 Å². The predicted octanol–water partition coefficient (Wildman–Crippen LogP) is 1.62. The van der Waals surface area contributed by atoms with E-state index in [2.05, 4.69) is 15.4 Å². The fourth-order valence-corrected chi connectivity index (χ4v) is 1.23. The van der Waals surface area contributed by atoms with Crippen LogP contribution < -0.4 is 0 Å². The van der Waals surface area contributed by atoms with Crippen LogP contribution in [0.1, 0.15) is 5.56 Å². The van der Waals surface area contributed by atoms with Gasteiger partial charge in [0.15, 0.2) is 0 Å². The molecule has 0 radical (unpaired) electrons. The highest BCUT2D eigenvalue weighted by Gasteiger charge is 2.04. The van der Waals surface area contributed by atoms with Gasteiger partial charge in [-0.25, -0.2) is 4.39 Å². The molecule has 0 N–H and O–H groups in total. The van der Waals surface area contributed by atoms with Gasteiger partial charge in [0.1, 0.15) is 6.67 Å². The summed E-state index contributed by atoms with van der Waals surface area (Å²) in [5.74, 6) is 0.531. The molecule has 1 aromatic carbocycles. The number of halogens is 1. The molecule has 2 aromatic rings.